The fourth-order valence-corrected chi connectivity index (χ4v) is 7.49. The van der Waals surface area contributed by atoms with Gasteiger partial charge in [0.05, 0.1) is 16.8 Å². The third-order valence-electron chi connectivity index (χ3n) is 7.28. The van der Waals surface area contributed by atoms with Crippen LogP contribution in [0.2, 0.25) is 0 Å². The van der Waals surface area contributed by atoms with Gasteiger partial charge in [-0.25, -0.2) is 9.78 Å². The minimum Gasteiger partial charge on any atom is -0.482 e. The molecule has 0 radical (unpaired) electrons. The molecule has 47 heavy (non-hydrogen) atoms. The van der Waals surface area contributed by atoms with Gasteiger partial charge in [-0.15, -0.1) is 23.1 Å². The van der Waals surface area contributed by atoms with Gasteiger partial charge in [0.25, 0.3) is 0 Å². The lowest BCUT2D eigenvalue weighted by Gasteiger charge is -2.18. The molecule has 0 amide bonds. The number of thiazole rings is 1. The summed E-state index contributed by atoms with van der Waals surface area (Å²) >= 11 is 2.96. The lowest BCUT2D eigenvalue weighted by Crippen LogP contribution is -2.10. The van der Waals surface area contributed by atoms with E-state index in [4.69, 9.17) is 14.8 Å². The van der Waals surface area contributed by atoms with Crippen LogP contribution in [0.5, 0.6) is 5.75 Å². The SMILES string of the molecule is Cc1cc(SC(Cc2ccc(-c3ccc(C(F)(F)F)cc3)cc2)c2sc(-c3ccc(C(F)(F)F)cc3)nc2C)ccc1OCC(=O)O. The van der Waals surface area contributed by atoms with E-state index in [1.807, 2.05) is 50.2 Å². The Bertz CT molecular complexity index is 1850. The summed E-state index contributed by atoms with van der Waals surface area (Å²) in [6.07, 6.45) is -8.32. The highest BCUT2D eigenvalue weighted by atomic mass is 32.2. The summed E-state index contributed by atoms with van der Waals surface area (Å²) in [6, 6.07) is 22.9. The van der Waals surface area contributed by atoms with Crippen molar-refractivity contribution in [2.75, 3.05) is 6.61 Å². The molecular formula is C35H27F6NO3S2. The number of hydrogen-bond acceptors (Lipinski definition) is 5. The van der Waals surface area contributed by atoms with Crippen LogP contribution in [0.1, 0.15) is 38.1 Å². The number of aromatic nitrogens is 1. The number of carboxylic acid groups (broad SMARTS) is 1. The molecule has 1 aromatic heterocycles. The highest BCUT2D eigenvalue weighted by Gasteiger charge is 2.31. The van der Waals surface area contributed by atoms with Crippen LogP contribution in [0.15, 0.2) is 95.9 Å². The second-order valence-electron chi connectivity index (χ2n) is 10.7. The Morgan fingerprint density at radius 3 is 1.85 bits per heavy atom. The molecule has 0 saturated carbocycles. The number of carbonyl (C=O) groups is 1. The molecule has 0 aliphatic heterocycles. The number of aryl methyl sites for hydroxylation is 2. The molecule has 5 rings (SSSR count). The minimum atomic E-state index is -4.45. The lowest BCUT2D eigenvalue weighted by atomic mass is 10.0. The molecule has 0 aliphatic carbocycles. The van der Waals surface area contributed by atoms with E-state index in [9.17, 15) is 31.1 Å². The van der Waals surface area contributed by atoms with E-state index in [0.29, 0.717) is 28.3 Å². The third kappa shape index (κ3) is 8.55. The van der Waals surface area contributed by atoms with Crippen molar-refractivity contribution in [3.63, 3.8) is 0 Å². The fourth-order valence-electron chi connectivity index (χ4n) is 4.88. The number of alkyl halides is 6. The standard InChI is InChI=1S/C35H27F6NO3S2/c1-20-17-28(15-16-29(20)45-19-31(43)44)46-30(32-21(2)42-33(47-32)25-9-13-27(14-10-25)35(39,40)41)18-22-3-5-23(6-4-22)24-7-11-26(12-8-24)34(36,37)38/h3-17,30H,18-19H2,1-2H3,(H,43,44). The molecule has 4 nitrogen and oxygen atoms in total. The van der Waals surface area contributed by atoms with Crippen LogP contribution in [0, 0.1) is 13.8 Å². The molecule has 1 atom stereocenters. The Balaban J connectivity index is 1.43. The summed E-state index contributed by atoms with van der Waals surface area (Å²) in [6.45, 7) is 3.21. The number of aliphatic carboxylic acids is 1. The van der Waals surface area contributed by atoms with Gasteiger partial charge in [-0.3, -0.25) is 0 Å². The van der Waals surface area contributed by atoms with Crippen molar-refractivity contribution in [3.05, 3.63) is 124 Å². The van der Waals surface area contributed by atoms with Crippen LogP contribution in [0.3, 0.4) is 0 Å². The summed E-state index contributed by atoms with van der Waals surface area (Å²) in [5.74, 6) is -0.637. The quantitative estimate of drug-likeness (QED) is 0.117. The second-order valence-corrected chi connectivity index (χ2v) is 13.0. The molecule has 0 spiro atoms. The van der Waals surface area contributed by atoms with E-state index in [-0.39, 0.29) is 5.25 Å². The molecule has 0 fully saturated rings. The van der Waals surface area contributed by atoms with Gasteiger partial charge in [-0.1, -0.05) is 48.5 Å². The molecule has 4 aromatic carbocycles. The predicted octanol–water partition coefficient (Wildman–Crippen LogP) is 10.7. The van der Waals surface area contributed by atoms with Crippen molar-refractivity contribution >= 4 is 29.1 Å². The van der Waals surface area contributed by atoms with Crippen LogP contribution in [-0.2, 0) is 23.6 Å². The van der Waals surface area contributed by atoms with Gasteiger partial charge in [-0.2, -0.15) is 26.3 Å². The van der Waals surface area contributed by atoms with Crippen LogP contribution in [0.25, 0.3) is 21.7 Å². The number of hydrogen-bond donors (Lipinski definition) is 1. The van der Waals surface area contributed by atoms with Gasteiger partial charge >= 0.3 is 18.3 Å². The van der Waals surface area contributed by atoms with Crippen molar-refractivity contribution < 1.29 is 41.0 Å². The number of halogens is 6. The topological polar surface area (TPSA) is 59.4 Å². The van der Waals surface area contributed by atoms with Gasteiger partial charge in [0.2, 0.25) is 0 Å². The molecule has 1 heterocycles. The summed E-state index contributed by atoms with van der Waals surface area (Å²) in [4.78, 5) is 17.5. The van der Waals surface area contributed by atoms with Gasteiger partial charge in [-0.05, 0) is 85.0 Å². The monoisotopic (exact) mass is 687 g/mol. The summed E-state index contributed by atoms with van der Waals surface area (Å²) in [5, 5.41) is 9.38. The van der Waals surface area contributed by atoms with E-state index in [0.717, 1.165) is 56.4 Å². The Morgan fingerprint density at radius 2 is 1.34 bits per heavy atom. The van der Waals surface area contributed by atoms with E-state index < -0.39 is 36.1 Å². The normalized spacial score (nSPS) is 12.6. The van der Waals surface area contributed by atoms with Crippen LogP contribution >= 0.6 is 23.1 Å². The molecule has 1 unspecified atom stereocenters. The maximum atomic E-state index is 13.1. The largest absolute Gasteiger partial charge is 0.482 e. The van der Waals surface area contributed by atoms with Gasteiger partial charge in [0.1, 0.15) is 10.8 Å². The van der Waals surface area contributed by atoms with Crippen molar-refractivity contribution in [1.29, 1.82) is 0 Å². The first-order valence-electron chi connectivity index (χ1n) is 14.2. The molecule has 0 bridgehead atoms. The number of nitrogens with zero attached hydrogens (tertiary/aromatic N) is 1. The first-order chi connectivity index (χ1) is 22.2. The van der Waals surface area contributed by atoms with Gasteiger partial charge < -0.3 is 9.84 Å². The van der Waals surface area contributed by atoms with E-state index >= 15 is 0 Å². The zero-order chi connectivity index (χ0) is 33.9. The average Bonchev–Trinajstić information content (AvgIpc) is 3.41. The lowest BCUT2D eigenvalue weighted by molar-refractivity contribution is -0.139. The van der Waals surface area contributed by atoms with E-state index in [1.54, 1.807) is 17.8 Å². The maximum absolute atomic E-state index is 13.1. The zero-order valence-corrected chi connectivity index (χ0v) is 26.6. The Labute approximate surface area is 275 Å². The molecular weight excluding hydrogens is 661 g/mol. The van der Waals surface area contributed by atoms with Crippen molar-refractivity contribution in [3.8, 4) is 27.4 Å². The minimum absolute atomic E-state index is 0.169. The highest BCUT2D eigenvalue weighted by molar-refractivity contribution is 7.99. The second kappa shape index (κ2) is 13.8. The summed E-state index contributed by atoms with van der Waals surface area (Å²) < 4.78 is 83.8. The van der Waals surface area contributed by atoms with Gasteiger partial charge in [0.15, 0.2) is 6.61 Å². The van der Waals surface area contributed by atoms with Crippen molar-refractivity contribution in [1.82, 2.24) is 4.98 Å². The van der Waals surface area contributed by atoms with Crippen LogP contribution < -0.4 is 4.74 Å². The molecule has 5 aromatic rings. The molecule has 244 valence electrons. The number of benzene rings is 4. The smallest absolute Gasteiger partial charge is 0.416 e. The number of rotatable bonds is 10. The van der Waals surface area contributed by atoms with Crippen molar-refractivity contribution in [2.45, 2.75) is 42.8 Å². The molecule has 1 N–H and O–H groups in total. The fraction of sp³-hybridized carbons (Fsp3) is 0.200. The van der Waals surface area contributed by atoms with E-state index in [2.05, 4.69) is 0 Å². The van der Waals surface area contributed by atoms with Crippen LogP contribution in [-0.4, -0.2) is 22.7 Å². The number of thioether (sulfide) groups is 1. The maximum Gasteiger partial charge on any atom is 0.416 e. The average molecular weight is 688 g/mol. The zero-order valence-electron chi connectivity index (χ0n) is 24.9. The predicted molar refractivity (Wildman–Crippen MR) is 171 cm³/mol. The van der Waals surface area contributed by atoms with E-state index in [1.165, 1.54) is 35.6 Å². The van der Waals surface area contributed by atoms with Crippen LogP contribution in [0.4, 0.5) is 26.3 Å². The molecule has 0 saturated heterocycles. The summed E-state index contributed by atoms with van der Waals surface area (Å²) in [7, 11) is 0. The van der Waals surface area contributed by atoms with Gasteiger partial charge in [0, 0.05) is 20.6 Å². The first kappa shape index (κ1) is 34.1. The summed E-state index contributed by atoms with van der Waals surface area (Å²) in [5.41, 5.74) is 2.97. The number of carboxylic acids is 1. The molecule has 12 heteroatoms. The molecule has 0 aliphatic rings. The highest BCUT2D eigenvalue weighted by Crippen LogP contribution is 2.45. The Hall–Kier alpha value is -4.29. The van der Waals surface area contributed by atoms with Crippen molar-refractivity contribution in [2.24, 2.45) is 0 Å². The third-order valence-corrected chi connectivity index (χ3v) is 9.96. The first-order valence-corrected chi connectivity index (χ1v) is 15.9. The Morgan fingerprint density at radius 1 is 0.809 bits per heavy atom. The Kier molecular flexibility index (Phi) is 10.0. The number of ether oxygens (including phenoxy) is 1.